The third kappa shape index (κ3) is 4.33. The topological polar surface area (TPSA) is 91.1 Å². The molecule has 142 valence electrons. The molecule has 1 aromatic carbocycles. The van der Waals surface area contributed by atoms with Gasteiger partial charge in [0.25, 0.3) is 5.91 Å². The summed E-state index contributed by atoms with van der Waals surface area (Å²) in [5.74, 6) is 0.264. The smallest absolute Gasteiger partial charge is 0.267 e. The molecule has 3 aromatic heterocycles. The maximum Gasteiger partial charge on any atom is 0.390 e. The van der Waals surface area contributed by atoms with E-state index in [0.717, 1.165) is 22.5 Å². The van der Waals surface area contributed by atoms with Crippen LogP contribution >= 0.6 is 11.3 Å². The number of carbonyl (C=O) groups excluding carboxylic acids is 1. The Hall–Kier alpha value is -3.91. The van der Waals surface area contributed by atoms with E-state index in [9.17, 15) is 9.59 Å². The molecular formula is C21H16N5O2S+. The number of nitrogens with zero attached hydrogens (tertiary/aromatic N) is 3. The summed E-state index contributed by atoms with van der Waals surface area (Å²) in [6.07, 6.45) is 8.65. The van der Waals surface area contributed by atoms with E-state index in [4.69, 9.17) is 0 Å². The van der Waals surface area contributed by atoms with E-state index in [1.165, 1.54) is 6.21 Å². The summed E-state index contributed by atoms with van der Waals surface area (Å²) < 4.78 is 1.79. The predicted octanol–water partition coefficient (Wildman–Crippen LogP) is 2.54. The molecule has 0 aliphatic carbocycles. The number of amides is 1. The molecule has 3 heterocycles. The van der Waals surface area contributed by atoms with Crippen LogP contribution in [0.5, 0.6) is 0 Å². The van der Waals surface area contributed by atoms with Crippen LogP contribution in [0.1, 0.15) is 15.2 Å². The van der Waals surface area contributed by atoms with Crippen LogP contribution in [0.4, 0.5) is 0 Å². The van der Waals surface area contributed by atoms with E-state index in [0.29, 0.717) is 16.3 Å². The average molecular weight is 402 g/mol. The Bertz CT molecular complexity index is 1200. The number of nitrogens with one attached hydrogen (secondary N) is 2. The molecule has 0 spiro atoms. The molecule has 0 bridgehead atoms. The van der Waals surface area contributed by atoms with Gasteiger partial charge in [-0.05, 0) is 58.9 Å². The molecular weight excluding hydrogens is 386 g/mol. The number of benzene rings is 1. The Labute approximate surface area is 170 Å². The number of pyridine rings is 2. The molecule has 8 heteroatoms. The van der Waals surface area contributed by atoms with E-state index in [1.807, 2.05) is 42.7 Å². The highest BCUT2D eigenvalue weighted by Crippen LogP contribution is 2.16. The van der Waals surface area contributed by atoms with Crippen LogP contribution in [0.25, 0.3) is 16.9 Å². The molecule has 0 aliphatic rings. The predicted molar refractivity (Wildman–Crippen MR) is 111 cm³/mol. The zero-order valence-electron chi connectivity index (χ0n) is 15.1. The Morgan fingerprint density at radius 2 is 1.72 bits per heavy atom. The average Bonchev–Trinajstić information content (AvgIpc) is 3.15. The maximum absolute atomic E-state index is 12.1. The van der Waals surface area contributed by atoms with E-state index in [1.54, 1.807) is 41.2 Å². The summed E-state index contributed by atoms with van der Waals surface area (Å²) in [5.41, 5.74) is 5.07. The minimum Gasteiger partial charge on any atom is -0.267 e. The van der Waals surface area contributed by atoms with E-state index >= 15 is 0 Å². The lowest BCUT2D eigenvalue weighted by atomic mass is 10.1. The number of carbonyl (C=O) groups is 1. The summed E-state index contributed by atoms with van der Waals surface area (Å²) in [4.78, 5) is 31.2. The van der Waals surface area contributed by atoms with Crippen LogP contribution in [0.2, 0.25) is 0 Å². The van der Waals surface area contributed by atoms with Crippen LogP contribution in [-0.4, -0.2) is 22.1 Å². The van der Waals surface area contributed by atoms with Crippen LogP contribution in [0.15, 0.2) is 89.3 Å². The SMILES string of the molecule is O=C(N/N=C\c1sc(=O)[nH]c1-[n+]1ccc(-c2ccncc2)cc1)c1ccccc1. The standard InChI is InChI=1S/C21H15N5O2S/c27-20(17-4-2-1-3-5-17)25-23-14-18-19(24-21(28)29-18)26-12-8-16(9-13-26)15-6-10-22-11-7-15/h1-14,22H/p+1. The van der Waals surface area contributed by atoms with Gasteiger partial charge in [-0.25, -0.2) is 14.8 Å². The summed E-state index contributed by atoms with van der Waals surface area (Å²) in [7, 11) is 0. The number of aromatic nitrogens is 3. The minimum atomic E-state index is -0.319. The molecule has 0 aliphatic heterocycles. The second-order valence-corrected chi connectivity index (χ2v) is 7.04. The molecule has 0 unspecified atom stereocenters. The first-order valence-corrected chi connectivity index (χ1v) is 9.56. The van der Waals surface area contributed by atoms with Gasteiger partial charge in [-0.3, -0.25) is 9.78 Å². The lowest BCUT2D eigenvalue weighted by Crippen LogP contribution is -2.31. The lowest BCUT2D eigenvalue weighted by molar-refractivity contribution is -0.599. The van der Waals surface area contributed by atoms with Gasteiger partial charge in [0, 0.05) is 18.0 Å². The molecule has 0 saturated carbocycles. The highest BCUT2D eigenvalue weighted by molar-refractivity contribution is 7.11. The largest absolute Gasteiger partial charge is 0.390 e. The van der Waals surface area contributed by atoms with Gasteiger partial charge in [-0.15, -0.1) is 0 Å². The molecule has 1 amide bonds. The van der Waals surface area contributed by atoms with Crippen molar-refractivity contribution in [3.63, 3.8) is 0 Å². The molecule has 4 rings (SSSR count). The molecule has 29 heavy (non-hydrogen) atoms. The quantitative estimate of drug-likeness (QED) is 0.305. The van der Waals surface area contributed by atoms with Crippen molar-refractivity contribution in [3.8, 4) is 16.9 Å². The molecule has 0 radical (unpaired) electrons. The first-order chi connectivity index (χ1) is 14.2. The van der Waals surface area contributed by atoms with E-state index in [2.05, 4.69) is 20.5 Å². The zero-order chi connectivity index (χ0) is 20.1. The van der Waals surface area contributed by atoms with Crippen molar-refractivity contribution in [1.29, 1.82) is 0 Å². The monoisotopic (exact) mass is 402 g/mol. The number of hydrogen-bond acceptors (Lipinski definition) is 5. The number of H-pyrrole nitrogens is 1. The molecule has 0 saturated heterocycles. The zero-order valence-corrected chi connectivity index (χ0v) is 16.0. The summed E-state index contributed by atoms with van der Waals surface area (Å²) in [6.45, 7) is 0. The molecule has 0 atom stereocenters. The number of hydrogen-bond donors (Lipinski definition) is 2. The molecule has 0 fully saturated rings. The van der Waals surface area contributed by atoms with Gasteiger partial charge in [0.2, 0.25) is 0 Å². The fraction of sp³-hybridized carbons (Fsp3) is 0. The van der Waals surface area contributed by atoms with Gasteiger partial charge in [0.1, 0.15) is 4.88 Å². The highest BCUT2D eigenvalue weighted by atomic mass is 32.1. The third-order valence-electron chi connectivity index (χ3n) is 4.14. The summed E-state index contributed by atoms with van der Waals surface area (Å²) in [5, 5.41) is 3.99. The van der Waals surface area contributed by atoms with Crippen molar-refractivity contribution in [2.45, 2.75) is 0 Å². The number of rotatable bonds is 5. The number of hydrazone groups is 1. The molecule has 2 N–H and O–H groups in total. The fourth-order valence-electron chi connectivity index (χ4n) is 2.73. The van der Waals surface area contributed by atoms with Gasteiger partial charge in [-0.1, -0.05) is 18.2 Å². The van der Waals surface area contributed by atoms with Gasteiger partial charge in [-0.2, -0.15) is 10.1 Å². The van der Waals surface area contributed by atoms with Crippen molar-refractivity contribution in [2.75, 3.05) is 0 Å². The Balaban J connectivity index is 1.54. The van der Waals surface area contributed by atoms with E-state index in [-0.39, 0.29) is 10.8 Å². The first-order valence-electron chi connectivity index (χ1n) is 8.74. The second kappa shape index (κ2) is 8.41. The summed E-state index contributed by atoms with van der Waals surface area (Å²) in [6, 6.07) is 16.5. The van der Waals surface area contributed by atoms with Crippen molar-refractivity contribution in [2.24, 2.45) is 5.10 Å². The highest BCUT2D eigenvalue weighted by Gasteiger charge is 2.16. The maximum atomic E-state index is 12.1. The summed E-state index contributed by atoms with van der Waals surface area (Å²) >= 11 is 1.02. The van der Waals surface area contributed by atoms with Crippen molar-refractivity contribution in [1.82, 2.24) is 15.4 Å². The normalized spacial score (nSPS) is 10.9. The van der Waals surface area contributed by atoms with Gasteiger partial charge >= 0.3 is 10.7 Å². The Kier molecular flexibility index (Phi) is 5.35. The van der Waals surface area contributed by atoms with Crippen LogP contribution in [0.3, 0.4) is 0 Å². The van der Waals surface area contributed by atoms with Crippen molar-refractivity contribution >= 4 is 23.5 Å². The molecule has 7 nitrogen and oxygen atoms in total. The van der Waals surface area contributed by atoms with Gasteiger partial charge < -0.3 is 0 Å². The molecule has 4 aromatic rings. The van der Waals surface area contributed by atoms with Crippen LogP contribution in [0, 0.1) is 0 Å². The number of thiazole rings is 1. The van der Waals surface area contributed by atoms with Gasteiger partial charge in [0.05, 0.1) is 18.6 Å². The van der Waals surface area contributed by atoms with Crippen molar-refractivity contribution in [3.05, 3.63) is 99.5 Å². The van der Waals surface area contributed by atoms with Crippen molar-refractivity contribution < 1.29 is 9.36 Å². The minimum absolute atomic E-state index is 0.207. The van der Waals surface area contributed by atoms with E-state index < -0.39 is 0 Å². The van der Waals surface area contributed by atoms with Crippen LogP contribution < -0.4 is 14.9 Å². The lowest BCUT2D eigenvalue weighted by Gasteiger charge is -2.02. The Morgan fingerprint density at radius 1 is 1.03 bits per heavy atom. The second-order valence-electron chi connectivity index (χ2n) is 6.02. The first kappa shape index (κ1) is 18.5. The fourth-order valence-corrected chi connectivity index (χ4v) is 3.43. The number of aromatic amines is 1. The third-order valence-corrected chi connectivity index (χ3v) is 4.95. The van der Waals surface area contributed by atoms with Gasteiger partial charge in [0.15, 0.2) is 0 Å². The Morgan fingerprint density at radius 3 is 2.45 bits per heavy atom. The van der Waals surface area contributed by atoms with Crippen LogP contribution in [-0.2, 0) is 0 Å².